The van der Waals surface area contributed by atoms with Crippen LogP contribution < -0.4 is 5.73 Å². The summed E-state index contributed by atoms with van der Waals surface area (Å²) < 4.78 is 27.0. The largest absolute Gasteiger partial charge is 0.328 e. The van der Waals surface area contributed by atoms with Gasteiger partial charge in [-0.05, 0) is 56.4 Å². The molecule has 1 aromatic carbocycles. The molecule has 0 aromatic heterocycles. The Hall–Kier alpha value is -0.620. The van der Waals surface area contributed by atoms with Crippen molar-refractivity contribution in [3.8, 4) is 0 Å². The van der Waals surface area contributed by atoms with E-state index in [1.165, 1.54) is 0 Å². The van der Waals surface area contributed by atoms with E-state index in [1.54, 1.807) is 29.4 Å². The third-order valence-electron chi connectivity index (χ3n) is 3.92. The third kappa shape index (κ3) is 3.17. The topological polar surface area (TPSA) is 63.4 Å². The lowest BCUT2D eigenvalue weighted by molar-refractivity contribution is 0.243. The van der Waals surface area contributed by atoms with Gasteiger partial charge in [0.15, 0.2) is 0 Å². The van der Waals surface area contributed by atoms with Crippen molar-refractivity contribution in [3.05, 3.63) is 28.8 Å². The number of benzene rings is 1. The Bertz CT molecular complexity index is 587. The molecular formula is C14H21ClN2O2S. The highest BCUT2D eigenvalue weighted by Gasteiger charge is 2.32. The van der Waals surface area contributed by atoms with E-state index in [4.69, 9.17) is 17.3 Å². The van der Waals surface area contributed by atoms with Crippen molar-refractivity contribution in [2.45, 2.75) is 37.6 Å². The van der Waals surface area contributed by atoms with Crippen LogP contribution in [0.15, 0.2) is 23.1 Å². The Kier molecular flexibility index (Phi) is 4.74. The monoisotopic (exact) mass is 316 g/mol. The summed E-state index contributed by atoms with van der Waals surface area (Å²) in [5.41, 5.74) is 6.60. The molecule has 0 aliphatic carbocycles. The summed E-state index contributed by atoms with van der Waals surface area (Å²) in [6.07, 6.45) is 1.85. The Balaban J connectivity index is 2.30. The maximum atomic E-state index is 12.7. The molecule has 2 atom stereocenters. The predicted molar refractivity (Wildman–Crippen MR) is 81.3 cm³/mol. The predicted octanol–water partition coefficient (Wildman–Crippen LogP) is 2.40. The van der Waals surface area contributed by atoms with Crippen LogP contribution in [-0.2, 0) is 10.0 Å². The van der Waals surface area contributed by atoms with E-state index in [0.29, 0.717) is 28.6 Å². The number of nitrogens with two attached hydrogens (primary N) is 1. The SMILES string of the molecule is Cc1cc(Cl)ccc1S(=O)(=O)N1CCC[C@H]([C@@H](C)N)C1. The van der Waals surface area contributed by atoms with Gasteiger partial charge in [-0.25, -0.2) is 8.42 Å². The standard InChI is InChI=1S/C14H21ClN2O2S/c1-10-8-13(15)5-6-14(10)20(18,19)17-7-3-4-12(9-17)11(2)16/h5-6,8,11-12H,3-4,7,9,16H2,1-2H3/t11-,12+/m1/s1. The number of piperidine rings is 1. The number of hydrogen-bond acceptors (Lipinski definition) is 3. The van der Waals surface area contributed by atoms with E-state index in [2.05, 4.69) is 0 Å². The zero-order valence-electron chi connectivity index (χ0n) is 11.8. The molecule has 0 saturated carbocycles. The van der Waals surface area contributed by atoms with Gasteiger partial charge < -0.3 is 5.73 Å². The molecular weight excluding hydrogens is 296 g/mol. The van der Waals surface area contributed by atoms with Crippen LogP contribution in [0.4, 0.5) is 0 Å². The lowest BCUT2D eigenvalue weighted by atomic mass is 9.93. The van der Waals surface area contributed by atoms with Crippen LogP contribution in [0.5, 0.6) is 0 Å². The Morgan fingerprint density at radius 3 is 2.75 bits per heavy atom. The molecule has 2 rings (SSSR count). The van der Waals surface area contributed by atoms with Gasteiger partial charge in [0, 0.05) is 24.2 Å². The average molecular weight is 317 g/mol. The van der Waals surface area contributed by atoms with E-state index < -0.39 is 10.0 Å². The molecule has 1 aliphatic heterocycles. The summed E-state index contributed by atoms with van der Waals surface area (Å²) in [6.45, 7) is 4.77. The van der Waals surface area contributed by atoms with Crippen molar-refractivity contribution in [3.63, 3.8) is 0 Å². The van der Waals surface area contributed by atoms with Gasteiger partial charge in [0.25, 0.3) is 0 Å². The summed E-state index contributed by atoms with van der Waals surface area (Å²) in [6, 6.07) is 4.90. The van der Waals surface area contributed by atoms with Gasteiger partial charge in [-0.3, -0.25) is 0 Å². The molecule has 0 bridgehead atoms. The lowest BCUT2D eigenvalue weighted by Gasteiger charge is -2.34. The number of halogens is 1. The smallest absolute Gasteiger partial charge is 0.243 e. The maximum Gasteiger partial charge on any atom is 0.243 e. The summed E-state index contributed by atoms with van der Waals surface area (Å²) in [5.74, 6) is 0.228. The molecule has 2 N–H and O–H groups in total. The van der Waals surface area contributed by atoms with E-state index in [-0.39, 0.29) is 12.0 Å². The van der Waals surface area contributed by atoms with Crippen molar-refractivity contribution in [1.29, 1.82) is 0 Å². The van der Waals surface area contributed by atoms with Crippen LogP contribution in [0.2, 0.25) is 5.02 Å². The number of aryl methyl sites for hydroxylation is 1. The van der Waals surface area contributed by atoms with Crippen LogP contribution in [-0.4, -0.2) is 31.9 Å². The van der Waals surface area contributed by atoms with Crippen molar-refractivity contribution < 1.29 is 8.42 Å². The number of hydrogen-bond donors (Lipinski definition) is 1. The van der Waals surface area contributed by atoms with Gasteiger partial charge >= 0.3 is 0 Å². The van der Waals surface area contributed by atoms with Crippen molar-refractivity contribution in [2.75, 3.05) is 13.1 Å². The highest BCUT2D eigenvalue weighted by atomic mass is 35.5. The lowest BCUT2D eigenvalue weighted by Crippen LogP contribution is -2.45. The van der Waals surface area contributed by atoms with E-state index in [9.17, 15) is 8.42 Å². The van der Waals surface area contributed by atoms with Gasteiger partial charge in [0.05, 0.1) is 4.90 Å². The molecule has 1 heterocycles. The second kappa shape index (κ2) is 6.02. The quantitative estimate of drug-likeness (QED) is 0.931. The normalized spacial score (nSPS) is 22.7. The highest BCUT2D eigenvalue weighted by Crippen LogP contribution is 2.27. The van der Waals surface area contributed by atoms with Crippen LogP contribution in [0.25, 0.3) is 0 Å². The highest BCUT2D eigenvalue weighted by molar-refractivity contribution is 7.89. The van der Waals surface area contributed by atoms with Gasteiger partial charge in [0.1, 0.15) is 0 Å². The Labute approximate surface area is 126 Å². The van der Waals surface area contributed by atoms with Gasteiger partial charge in [-0.1, -0.05) is 11.6 Å². The minimum absolute atomic E-state index is 0.0133. The van der Waals surface area contributed by atoms with E-state index in [1.807, 2.05) is 6.92 Å². The Morgan fingerprint density at radius 1 is 1.45 bits per heavy atom. The number of nitrogens with zero attached hydrogens (tertiary/aromatic N) is 1. The van der Waals surface area contributed by atoms with Crippen molar-refractivity contribution >= 4 is 21.6 Å². The van der Waals surface area contributed by atoms with E-state index >= 15 is 0 Å². The fourth-order valence-corrected chi connectivity index (χ4v) is 4.63. The minimum atomic E-state index is -3.46. The molecule has 4 nitrogen and oxygen atoms in total. The zero-order chi connectivity index (χ0) is 14.9. The van der Waals surface area contributed by atoms with Gasteiger partial charge in [-0.15, -0.1) is 0 Å². The molecule has 0 radical (unpaired) electrons. The molecule has 1 fully saturated rings. The summed E-state index contributed by atoms with van der Waals surface area (Å²) in [7, 11) is -3.46. The third-order valence-corrected chi connectivity index (χ3v) is 6.18. The first-order chi connectivity index (χ1) is 9.32. The van der Waals surface area contributed by atoms with Crippen LogP contribution in [0.3, 0.4) is 0 Å². The molecule has 0 spiro atoms. The maximum absolute atomic E-state index is 12.7. The molecule has 1 aromatic rings. The first-order valence-corrected chi connectivity index (χ1v) is 8.66. The van der Waals surface area contributed by atoms with Crippen LogP contribution >= 0.6 is 11.6 Å². The van der Waals surface area contributed by atoms with Crippen molar-refractivity contribution in [1.82, 2.24) is 4.31 Å². The van der Waals surface area contributed by atoms with E-state index in [0.717, 1.165) is 12.8 Å². The minimum Gasteiger partial charge on any atom is -0.328 e. The molecule has 1 aliphatic rings. The Morgan fingerprint density at radius 2 is 2.15 bits per heavy atom. The fraction of sp³-hybridized carbons (Fsp3) is 0.571. The zero-order valence-corrected chi connectivity index (χ0v) is 13.4. The average Bonchev–Trinajstić information content (AvgIpc) is 2.38. The van der Waals surface area contributed by atoms with Gasteiger partial charge in [-0.2, -0.15) is 4.31 Å². The summed E-state index contributed by atoms with van der Waals surface area (Å²) in [4.78, 5) is 0.340. The molecule has 112 valence electrons. The van der Waals surface area contributed by atoms with Crippen molar-refractivity contribution in [2.24, 2.45) is 11.7 Å². The van der Waals surface area contributed by atoms with Crippen LogP contribution in [0.1, 0.15) is 25.3 Å². The first-order valence-electron chi connectivity index (χ1n) is 6.84. The molecule has 6 heteroatoms. The second-order valence-corrected chi connectivity index (χ2v) is 7.88. The first kappa shape index (κ1) is 15.8. The number of rotatable bonds is 3. The fourth-order valence-electron chi connectivity index (χ4n) is 2.66. The molecule has 0 amide bonds. The molecule has 20 heavy (non-hydrogen) atoms. The molecule has 0 unspecified atom stereocenters. The number of sulfonamides is 1. The van der Waals surface area contributed by atoms with Crippen LogP contribution in [0, 0.1) is 12.8 Å². The van der Waals surface area contributed by atoms with Gasteiger partial charge in [0.2, 0.25) is 10.0 Å². The molecule has 1 saturated heterocycles. The summed E-state index contributed by atoms with van der Waals surface area (Å²) >= 11 is 5.89. The second-order valence-electron chi connectivity index (χ2n) is 5.53. The summed E-state index contributed by atoms with van der Waals surface area (Å²) in [5, 5.41) is 0.550.